The fourth-order valence-electron chi connectivity index (χ4n) is 3.21. The van der Waals surface area contributed by atoms with Crippen LogP contribution in [0.2, 0.25) is 0 Å². The van der Waals surface area contributed by atoms with Gasteiger partial charge in [-0.2, -0.15) is 5.10 Å². The number of hydrogen-bond donors (Lipinski definition) is 0. The van der Waals surface area contributed by atoms with Crippen molar-refractivity contribution in [2.24, 2.45) is 0 Å². The Hall–Kier alpha value is -3.09. The average molecular weight is 334 g/mol. The molecular weight excluding hydrogens is 316 g/mol. The van der Waals surface area contributed by atoms with Crippen LogP contribution >= 0.6 is 0 Å². The standard InChI is InChI=1S/C18H18N6O/c25-18-6-5-16(14-3-1-7-19-11-14)22-24(18)13-15-4-2-10-23(15)17-12-20-8-9-21-17/h1,3,5-9,11-12,15H,2,4,10,13H2. The number of nitrogens with zero attached hydrogens (tertiary/aromatic N) is 6. The van der Waals surface area contributed by atoms with Crippen LogP contribution in [0, 0.1) is 0 Å². The summed E-state index contributed by atoms with van der Waals surface area (Å²) in [5.41, 5.74) is 1.55. The van der Waals surface area contributed by atoms with E-state index in [1.165, 1.54) is 0 Å². The number of hydrogen-bond acceptors (Lipinski definition) is 6. The van der Waals surface area contributed by atoms with E-state index in [1.54, 1.807) is 47.8 Å². The Balaban J connectivity index is 1.61. The van der Waals surface area contributed by atoms with Crippen molar-refractivity contribution in [3.05, 3.63) is 65.6 Å². The van der Waals surface area contributed by atoms with Crippen molar-refractivity contribution in [3.8, 4) is 11.3 Å². The molecule has 1 aliphatic heterocycles. The first-order chi connectivity index (χ1) is 12.3. The van der Waals surface area contributed by atoms with Crippen LogP contribution in [0.5, 0.6) is 0 Å². The highest BCUT2D eigenvalue weighted by Gasteiger charge is 2.26. The lowest BCUT2D eigenvalue weighted by atomic mass is 10.2. The Kier molecular flexibility index (Phi) is 4.20. The van der Waals surface area contributed by atoms with Gasteiger partial charge < -0.3 is 4.90 Å². The molecular formula is C18H18N6O. The third kappa shape index (κ3) is 3.26. The van der Waals surface area contributed by atoms with Gasteiger partial charge >= 0.3 is 0 Å². The van der Waals surface area contributed by atoms with E-state index in [2.05, 4.69) is 25.0 Å². The molecule has 3 aromatic rings. The fraction of sp³-hybridized carbons (Fsp3) is 0.278. The molecule has 0 aromatic carbocycles. The lowest BCUT2D eigenvalue weighted by molar-refractivity contribution is 0.488. The van der Waals surface area contributed by atoms with Gasteiger partial charge in [0.05, 0.1) is 24.5 Å². The van der Waals surface area contributed by atoms with Gasteiger partial charge in [0.2, 0.25) is 0 Å². The molecule has 1 atom stereocenters. The van der Waals surface area contributed by atoms with Gasteiger partial charge in [0.15, 0.2) is 0 Å². The maximum atomic E-state index is 12.3. The first kappa shape index (κ1) is 15.4. The minimum absolute atomic E-state index is 0.0985. The van der Waals surface area contributed by atoms with Crippen molar-refractivity contribution in [2.75, 3.05) is 11.4 Å². The summed E-state index contributed by atoms with van der Waals surface area (Å²) in [6.07, 6.45) is 10.7. The van der Waals surface area contributed by atoms with Crippen molar-refractivity contribution >= 4 is 5.82 Å². The van der Waals surface area contributed by atoms with E-state index in [1.807, 2.05) is 12.1 Å². The molecule has 0 N–H and O–H groups in total. The molecule has 0 amide bonds. The summed E-state index contributed by atoms with van der Waals surface area (Å²) in [6.45, 7) is 1.45. The van der Waals surface area contributed by atoms with Gasteiger partial charge in [-0.15, -0.1) is 0 Å². The maximum absolute atomic E-state index is 12.3. The lowest BCUT2D eigenvalue weighted by Gasteiger charge is -2.25. The van der Waals surface area contributed by atoms with E-state index < -0.39 is 0 Å². The molecule has 0 bridgehead atoms. The van der Waals surface area contributed by atoms with E-state index >= 15 is 0 Å². The minimum Gasteiger partial charge on any atom is -0.350 e. The molecule has 1 aliphatic rings. The van der Waals surface area contributed by atoms with Crippen LogP contribution < -0.4 is 10.5 Å². The molecule has 1 unspecified atom stereocenters. The Morgan fingerprint density at radius 1 is 1.08 bits per heavy atom. The molecule has 0 spiro atoms. The molecule has 25 heavy (non-hydrogen) atoms. The minimum atomic E-state index is -0.0985. The van der Waals surface area contributed by atoms with Crippen LogP contribution in [0.15, 0.2) is 60.0 Å². The van der Waals surface area contributed by atoms with Crippen LogP contribution in [0.25, 0.3) is 11.3 Å². The van der Waals surface area contributed by atoms with Crippen molar-refractivity contribution in [3.63, 3.8) is 0 Å². The van der Waals surface area contributed by atoms with E-state index in [-0.39, 0.29) is 11.6 Å². The molecule has 7 heteroatoms. The first-order valence-electron chi connectivity index (χ1n) is 8.32. The van der Waals surface area contributed by atoms with Gasteiger partial charge in [-0.25, -0.2) is 9.67 Å². The number of pyridine rings is 1. The molecule has 7 nitrogen and oxygen atoms in total. The Morgan fingerprint density at radius 2 is 2.00 bits per heavy atom. The molecule has 4 heterocycles. The summed E-state index contributed by atoms with van der Waals surface area (Å²) in [7, 11) is 0. The van der Waals surface area contributed by atoms with Gasteiger partial charge in [0.1, 0.15) is 5.82 Å². The van der Waals surface area contributed by atoms with Gasteiger partial charge in [0.25, 0.3) is 5.56 Å². The van der Waals surface area contributed by atoms with Gasteiger partial charge in [0, 0.05) is 43.0 Å². The largest absolute Gasteiger partial charge is 0.350 e. The average Bonchev–Trinajstić information content (AvgIpc) is 3.13. The molecule has 1 fully saturated rings. The second-order valence-electron chi connectivity index (χ2n) is 6.03. The first-order valence-corrected chi connectivity index (χ1v) is 8.32. The zero-order valence-electron chi connectivity index (χ0n) is 13.7. The van der Waals surface area contributed by atoms with Crippen molar-refractivity contribution in [1.29, 1.82) is 0 Å². The monoisotopic (exact) mass is 334 g/mol. The predicted molar refractivity (Wildman–Crippen MR) is 94.1 cm³/mol. The second kappa shape index (κ2) is 6.80. The SMILES string of the molecule is O=c1ccc(-c2cccnc2)nn1CC1CCCN1c1cnccn1. The highest BCUT2D eigenvalue weighted by molar-refractivity contribution is 5.56. The quantitative estimate of drug-likeness (QED) is 0.724. The van der Waals surface area contributed by atoms with Gasteiger partial charge in [-0.1, -0.05) is 0 Å². The summed E-state index contributed by atoms with van der Waals surface area (Å²) < 4.78 is 1.54. The summed E-state index contributed by atoms with van der Waals surface area (Å²) in [5, 5.41) is 4.54. The summed E-state index contributed by atoms with van der Waals surface area (Å²) >= 11 is 0. The number of anilines is 1. The topological polar surface area (TPSA) is 76.8 Å². The highest BCUT2D eigenvalue weighted by Crippen LogP contribution is 2.23. The Labute approximate surface area is 145 Å². The van der Waals surface area contributed by atoms with Crippen LogP contribution in [0.4, 0.5) is 5.82 Å². The Bertz CT molecular complexity index is 896. The number of aromatic nitrogens is 5. The van der Waals surface area contributed by atoms with E-state index in [0.717, 1.165) is 36.5 Å². The van der Waals surface area contributed by atoms with E-state index in [4.69, 9.17) is 0 Å². The summed E-state index contributed by atoms with van der Waals surface area (Å²) in [4.78, 5) is 27.1. The van der Waals surface area contributed by atoms with Crippen LogP contribution in [0.1, 0.15) is 12.8 Å². The number of rotatable bonds is 4. The van der Waals surface area contributed by atoms with Crippen LogP contribution in [-0.2, 0) is 6.54 Å². The summed E-state index contributed by atoms with van der Waals surface area (Å²) in [6, 6.07) is 7.29. The third-order valence-electron chi connectivity index (χ3n) is 4.43. The normalized spacial score (nSPS) is 17.0. The van der Waals surface area contributed by atoms with Crippen LogP contribution in [-0.4, -0.2) is 37.3 Å². The highest BCUT2D eigenvalue weighted by atomic mass is 16.1. The molecule has 0 saturated carbocycles. The van der Waals surface area contributed by atoms with Crippen LogP contribution in [0.3, 0.4) is 0 Å². The van der Waals surface area contributed by atoms with E-state index in [9.17, 15) is 4.79 Å². The van der Waals surface area contributed by atoms with Gasteiger partial charge in [-0.05, 0) is 31.0 Å². The molecule has 1 saturated heterocycles. The predicted octanol–water partition coefficient (Wildman–Crippen LogP) is 1.76. The van der Waals surface area contributed by atoms with Crippen molar-refractivity contribution in [2.45, 2.75) is 25.4 Å². The van der Waals surface area contributed by atoms with E-state index in [0.29, 0.717) is 6.54 Å². The summed E-state index contributed by atoms with van der Waals surface area (Å²) in [5.74, 6) is 0.849. The second-order valence-corrected chi connectivity index (χ2v) is 6.03. The molecule has 3 aromatic heterocycles. The van der Waals surface area contributed by atoms with Crippen molar-refractivity contribution in [1.82, 2.24) is 24.7 Å². The zero-order chi connectivity index (χ0) is 17.1. The molecule has 126 valence electrons. The third-order valence-corrected chi connectivity index (χ3v) is 4.43. The molecule has 0 aliphatic carbocycles. The Morgan fingerprint density at radius 3 is 2.80 bits per heavy atom. The smallest absolute Gasteiger partial charge is 0.266 e. The zero-order valence-corrected chi connectivity index (χ0v) is 13.7. The molecule has 0 radical (unpaired) electrons. The van der Waals surface area contributed by atoms with Gasteiger partial charge in [-0.3, -0.25) is 14.8 Å². The maximum Gasteiger partial charge on any atom is 0.266 e. The lowest BCUT2D eigenvalue weighted by Crippen LogP contribution is -2.37. The van der Waals surface area contributed by atoms with Crippen molar-refractivity contribution < 1.29 is 0 Å². The molecule has 4 rings (SSSR count). The fourth-order valence-corrected chi connectivity index (χ4v) is 3.21.